The fourth-order valence-corrected chi connectivity index (χ4v) is 3.83. The molecule has 0 radical (unpaired) electrons. The van der Waals surface area contributed by atoms with E-state index < -0.39 is 15.8 Å². The van der Waals surface area contributed by atoms with E-state index in [0.29, 0.717) is 5.69 Å². The van der Waals surface area contributed by atoms with Gasteiger partial charge in [0.05, 0.1) is 0 Å². The zero-order valence-corrected chi connectivity index (χ0v) is 11.9. The van der Waals surface area contributed by atoms with Crippen LogP contribution in [-0.4, -0.2) is 30.3 Å². The zero-order valence-electron chi connectivity index (χ0n) is 9.01. The molecule has 2 aromatic heterocycles. The van der Waals surface area contributed by atoms with Gasteiger partial charge in [-0.3, -0.25) is 0 Å². The fraction of sp³-hybridized carbons (Fsp3) is 0.100. The van der Waals surface area contributed by atoms with Crippen LogP contribution >= 0.6 is 11.6 Å². The Hall–Kier alpha value is -1.32. The molecular weight excluding hydrogens is 303 g/mol. The number of rotatable bonds is 2. The molecule has 0 bridgehead atoms. The van der Waals surface area contributed by atoms with Gasteiger partial charge in [-0.05, 0) is 0 Å². The van der Waals surface area contributed by atoms with Crippen molar-refractivity contribution in [1.82, 2.24) is 14.5 Å². The van der Waals surface area contributed by atoms with Gasteiger partial charge < -0.3 is 0 Å². The third-order valence-corrected chi connectivity index (χ3v) is 5.04. The monoisotopic (exact) mass is 312 g/mol. The molecule has 0 aliphatic carbocycles. The number of hydrogen-bond donors (Lipinski definition) is 1. The van der Waals surface area contributed by atoms with Crippen LogP contribution in [0.25, 0.3) is 0 Å². The van der Waals surface area contributed by atoms with E-state index in [9.17, 15) is 4.79 Å². The first-order valence-electron chi connectivity index (χ1n) is 4.77. The molecule has 7 heteroatoms. The third kappa shape index (κ3) is 2.68. The molecular formula is C10H10AsClN4O. The van der Waals surface area contributed by atoms with Crippen molar-refractivity contribution in [2.75, 3.05) is 5.73 Å². The van der Waals surface area contributed by atoms with Gasteiger partial charge in [-0.15, -0.1) is 0 Å². The number of nitrogens with two attached hydrogens (primary N) is 1. The predicted molar refractivity (Wildman–Crippen MR) is 69.6 cm³/mol. The van der Waals surface area contributed by atoms with Crippen molar-refractivity contribution < 1.29 is 0 Å². The first-order chi connectivity index (χ1) is 8.08. The van der Waals surface area contributed by atoms with Crippen LogP contribution in [-0.2, 0) is 7.05 Å². The Morgan fingerprint density at radius 3 is 2.88 bits per heavy atom. The van der Waals surface area contributed by atoms with Crippen LogP contribution in [0.1, 0.15) is 0 Å². The molecule has 2 N–H and O–H groups in total. The molecule has 0 saturated heterocycles. The summed E-state index contributed by atoms with van der Waals surface area (Å²) in [5, 5.41) is 0.281. The number of nitrogen functional groups attached to an aromatic ring is 1. The van der Waals surface area contributed by atoms with Crippen molar-refractivity contribution in [3.8, 4) is 0 Å². The molecule has 0 aliphatic heterocycles. The van der Waals surface area contributed by atoms with Gasteiger partial charge in [0.2, 0.25) is 0 Å². The molecule has 2 aromatic rings. The van der Waals surface area contributed by atoms with Gasteiger partial charge in [0, 0.05) is 0 Å². The number of aryl methyl sites for hydroxylation is 1. The van der Waals surface area contributed by atoms with E-state index in [4.69, 9.17) is 17.3 Å². The number of pyridine rings is 1. The van der Waals surface area contributed by atoms with Crippen LogP contribution in [0.4, 0.5) is 5.69 Å². The van der Waals surface area contributed by atoms with E-state index in [-0.39, 0.29) is 10.7 Å². The Morgan fingerprint density at radius 1 is 1.41 bits per heavy atom. The number of halogens is 1. The van der Waals surface area contributed by atoms with Crippen molar-refractivity contribution in [3.05, 3.63) is 40.2 Å². The van der Waals surface area contributed by atoms with E-state index in [1.165, 1.54) is 17.0 Å². The number of nitrogens with zero attached hydrogens (tertiary/aromatic N) is 3. The van der Waals surface area contributed by atoms with Gasteiger partial charge in [0.1, 0.15) is 0 Å². The maximum absolute atomic E-state index is 11.3. The average Bonchev–Trinajstić information content (AvgIpc) is 2.30. The zero-order chi connectivity index (χ0) is 12.4. The molecule has 5 nitrogen and oxygen atoms in total. The average molecular weight is 313 g/mol. The minimum atomic E-state index is -0.706. The molecule has 1 unspecified atom stereocenters. The summed E-state index contributed by atoms with van der Waals surface area (Å²) in [6, 6.07) is 3.34. The van der Waals surface area contributed by atoms with Crippen molar-refractivity contribution in [1.29, 1.82) is 0 Å². The Kier molecular flexibility index (Phi) is 3.50. The number of hydrogen-bond acceptors (Lipinski definition) is 4. The summed E-state index contributed by atoms with van der Waals surface area (Å²) in [4.78, 5) is 19.2. The second kappa shape index (κ2) is 4.90. The van der Waals surface area contributed by atoms with Crippen LogP contribution in [0, 0.1) is 0 Å². The number of anilines is 1. The predicted octanol–water partition coefficient (Wildman–Crippen LogP) is -1.20. The molecule has 0 aromatic carbocycles. The summed E-state index contributed by atoms with van der Waals surface area (Å²) in [7, 11) is 1.72. The minimum absolute atomic E-state index is 0.0333. The quantitative estimate of drug-likeness (QED) is 0.558. The number of aromatic nitrogens is 3. The maximum atomic E-state index is 11.3. The Balaban J connectivity index is 2.35. The van der Waals surface area contributed by atoms with Crippen LogP contribution < -0.4 is 20.1 Å². The van der Waals surface area contributed by atoms with Gasteiger partial charge >= 0.3 is 109 Å². The molecule has 0 fully saturated rings. The first kappa shape index (κ1) is 12.1. The van der Waals surface area contributed by atoms with E-state index in [2.05, 4.69) is 9.97 Å². The molecule has 0 aliphatic rings. The second-order valence-corrected chi connectivity index (χ2v) is 6.51. The van der Waals surface area contributed by atoms with Crippen molar-refractivity contribution in [3.63, 3.8) is 0 Å². The summed E-state index contributed by atoms with van der Waals surface area (Å²) in [5.74, 6) is 0. The topological polar surface area (TPSA) is 73.8 Å². The molecule has 2 rings (SSSR count). The summed E-state index contributed by atoms with van der Waals surface area (Å²) in [5.41, 5.74) is 6.20. The summed E-state index contributed by atoms with van der Waals surface area (Å²) >= 11 is 5.12. The van der Waals surface area contributed by atoms with Crippen molar-refractivity contribution in [2.45, 2.75) is 0 Å². The normalized spacial score (nSPS) is 11.2. The Morgan fingerprint density at radius 2 is 2.18 bits per heavy atom. The molecule has 88 valence electrons. The third-order valence-electron chi connectivity index (χ3n) is 2.18. The molecule has 0 amide bonds. The van der Waals surface area contributed by atoms with E-state index >= 15 is 0 Å². The van der Waals surface area contributed by atoms with Gasteiger partial charge in [-0.2, -0.15) is 0 Å². The van der Waals surface area contributed by atoms with Crippen LogP contribution in [0.5, 0.6) is 0 Å². The SMILES string of the molecule is Cn1cc([AsH]c2ncnc(Cl)c2N)ccc1=O. The standard InChI is InChI=1S/C10H10AsClN4O/c1-16-4-6(2-3-7(16)17)11-9-8(13)10(12)15-5-14-9/h2-5,11H,13H2,1H3. The molecule has 2 heterocycles. The fourth-order valence-electron chi connectivity index (χ4n) is 1.28. The van der Waals surface area contributed by atoms with E-state index in [0.717, 1.165) is 8.83 Å². The molecule has 1 atom stereocenters. The van der Waals surface area contributed by atoms with Crippen LogP contribution in [0.3, 0.4) is 0 Å². The Bertz CT molecular complexity index is 613. The second-order valence-electron chi connectivity index (χ2n) is 3.42. The van der Waals surface area contributed by atoms with E-state index in [1.54, 1.807) is 19.3 Å². The van der Waals surface area contributed by atoms with Gasteiger partial charge in [-0.1, -0.05) is 0 Å². The first-order valence-corrected chi connectivity index (χ1v) is 7.25. The Labute approximate surface area is 109 Å². The van der Waals surface area contributed by atoms with Gasteiger partial charge in [0.15, 0.2) is 0 Å². The van der Waals surface area contributed by atoms with Crippen molar-refractivity contribution >= 4 is 41.9 Å². The van der Waals surface area contributed by atoms with Gasteiger partial charge in [-0.25, -0.2) is 0 Å². The summed E-state index contributed by atoms with van der Waals surface area (Å²) in [6.07, 6.45) is 3.21. The van der Waals surface area contributed by atoms with Crippen LogP contribution in [0.15, 0.2) is 29.5 Å². The molecule has 0 saturated carbocycles. The molecule has 0 spiro atoms. The van der Waals surface area contributed by atoms with E-state index in [1.807, 2.05) is 0 Å². The van der Waals surface area contributed by atoms with Crippen molar-refractivity contribution in [2.24, 2.45) is 7.05 Å². The summed E-state index contributed by atoms with van der Waals surface area (Å²) < 4.78 is 3.38. The summed E-state index contributed by atoms with van der Waals surface area (Å²) in [6.45, 7) is 0. The van der Waals surface area contributed by atoms with Gasteiger partial charge in [0.25, 0.3) is 0 Å². The molecule has 17 heavy (non-hydrogen) atoms. The van der Waals surface area contributed by atoms with Crippen LogP contribution in [0.2, 0.25) is 5.15 Å².